The lowest BCUT2D eigenvalue weighted by Gasteiger charge is -2.31. The molecule has 1 saturated heterocycles. The molecule has 2 aliphatic heterocycles. The van der Waals surface area contributed by atoms with Crippen molar-refractivity contribution in [1.29, 1.82) is 5.26 Å². The molecule has 0 amide bonds. The third-order valence-electron chi connectivity index (χ3n) is 7.54. The molecule has 5 nitrogen and oxygen atoms in total. The lowest BCUT2D eigenvalue weighted by molar-refractivity contribution is 0.0763. The van der Waals surface area contributed by atoms with Gasteiger partial charge in [0.15, 0.2) is 12.1 Å². The van der Waals surface area contributed by atoms with Crippen molar-refractivity contribution in [3.05, 3.63) is 98.8 Å². The highest BCUT2D eigenvalue weighted by Gasteiger charge is 2.32. The number of carbonyl (C=O) groups is 1. The van der Waals surface area contributed by atoms with Gasteiger partial charge in [-0.25, -0.2) is 8.78 Å². The number of rotatable bonds is 7. The van der Waals surface area contributed by atoms with Gasteiger partial charge in [-0.2, -0.15) is 5.26 Å². The van der Waals surface area contributed by atoms with Gasteiger partial charge in [-0.1, -0.05) is 23.7 Å². The zero-order valence-electron chi connectivity index (χ0n) is 21.1. The van der Waals surface area contributed by atoms with E-state index in [-0.39, 0.29) is 30.4 Å². The highest BCUT2D eigenvalue weighted by Crippen LogP contribution is 2.38. The lowest BCUT2D eigenvalue weighted by Crippen LogP contribution is -2.36. The molecule has 0 aromatic heterocycles. The van der Waals surface area contributed by atoms with Gasteiger partial charge < -0.3 is 4.74 Å². The minimum Gasteiger partial charge on any atom is -0.497 e. The average molecular weight is 536 g/mol. The molecule has 0 saturated carbocycles. The van der Waals surface area contributed by atoms with Crippen LogP contribution in [0.1, 0.15) is 57.3 Å². The number of ketones is 1. The zero-order valence-corrected chi connectivity index (χ0v) is 21.8. The molecule has 2 heterocycles. The number of piperidine rings is 1. The Kier molecular flexibility index (Phi) is 7.75. The van der Waals surface area contributed by atoms with Crippen molar-refractivity contribution in [2.24, 2.45) is 5.92 Å². The second-order valence-electron chi connectivity index (χ2n) is 9.95. The fraction of sp³-hybridized carbons (Fsp3) is 0.333. The Morgan fingerprint density at radius 3 is 2.53 bits per heavy atom. The van der Waals surface area contributed by atoms with Crippen LogP contribution in [0.15, 0.2) is 54.6 Å². The van der Waals surface area contributed by atoms with Crippen molar-refractivity contribution in [3.8, 4) is 11.8 Å². The first kappa shape index (κ1) is 26.3. The molecule has 0 aliphatic carbocycles. The summed E-state index contributed by atoms with van der Waals surface area (Å²) in [6.07, 6.45) is -0.151. The minimum absolute atomic E-state index is 0.0567. The molecule has 0 bridgehead atoms. The molecule has 3 aromatic carbocycles. The molecule has 0 spiro atoms. The quantitative estimate of drug-likeness (QED) is 0.257. The summed E-state index contributed by atoms with van der Waals surface area (Å²) < 4.78 is 34.8. The molecule has 1 atom stereocenters. The van der Waals surface area contributed by atoms with E-state index in [2.05, 4.69) is 11.0 Å². The summed E-state index contributed by atoms with van der Waals surface area (Å²) in [7, 11) is 1.43. The zero-order chi connectivity index (χ0) is 26.8. The molecule has 0 N–H and O–H groups in total. The van der Waals surface area contributed by atoms with E-state index in [9.17, 15) is 9.18 Å². The molecule has 196 valence electrons. The maximum atomic E-state index is 15.3. The normalized spacial score (nSPS) is 17.1. The number of halogens is 3. The number of nitrogens with zero attached hydrogens (tertiary/aromatic N) is 3. The van der Waals surface area contributed by atoms with Gasteiger partial charge >= 0.3 is 0 Å². The van der Waals surface area contributed by atoms with Crippen LogP contribution in [0.5, 0.6) is 5.75 Å². The molecule has 5 rings (SSSR count). The largest absolute Gasteiger partial charge is 0.497 e. The number of fused-ring (bicyclic) bond motifs is 1. The second-order valence-corrected chi connectivity index (χ2v) is 10.4. The predicted octanol–water partition coefficient (Wildman–Crippen LogP) is 6.44. The maximum Gasteiger partial charge on any atom is 0.182 e. The fourth-order valence-corrected chi connectivity index (χ4v) is 5.65. The van der Waals surface area contributed by atoms with Crippen LogP contribution in [0.25, 0.3) is 0 Å². The highest BCUT2D eigenvalue weighted by molar-refractivity contribution is 6.32. The first-order valence-corrected chi connectivity index (χ1v) is 13.0. The van der Waals surface area contributed by atoms with Gasteiger partial charge in [0.2, 0.25) is 0 Å². The topological polar surface area (TPSA) is 56.6 Å². The number of Topliss-reactive ketones (excluding diaryl/α,β-unsaturated/α-hetero) is 1. The van der Waals surface area contributed by atoms with Crippen LogP contribution in [0.4, 0.5) is 8.78 Å². The number of ether oxygens (including phenoxy) is 1. The van der Waals surface area contributed by atoms with E-state index < -0.39 is 12.1 Å². The Balaban J connectivity index is 1.22. The number of nitriles is 1. The summed E-state index contributed by atoms with van der Waals surface area (Å²) in [6.45, 7) is 2.88. The number of hydrogen-bond donors (Lipinski definition) is 0. The van der Waals surface area contributed by atoms with Crippen LogP contribution < -0.4 is 4.74 Å². The number of carbonyl (C=O) groups excluding carboxylic acids is 1. The van der Waals surface area contributed by atoms with Crippen LogP contribution in [0.2, 0.25) is 5.02 Å². The van der Waals surface area contributed by atoms with Crippen LogP contribution in [-0.2, 0) is 19.6 Å². The van der Waals surface area contributed by atoms with Gasteiger partial charge in [0, 0.05) is 47.8 Å². The first-order chi connectivity index (χ1) is 18.4. The van der Waals surface area contributed by atoms with E-state index in [4.69, 9.17) is 21.6 Å². The number of benzene rings is 3. The summed E-state index contributed by atoms with van der Waals surface area (Å²) in [6, 6.07) is 17.3. The minimum atomic E-state index is -1.65. The number of hydrogen-bond acceptors (Lipinski definition) is 5. The standard InChI is InChI=1S/C30H28ClF2N3O2/c1-38-24-6-7-25(28(32)14-24)30(33)36-17-23-12-22(13-27(31)26(23)18-36)29(37)21-8-10-35(11-9-21)16-20-4-2-19(15-34)3-5-20/h2-7,12-14,21,30H,8-11,16-18H2,1H3. The molecular weight excluding hydrogens is 508 g/mol. The number of methoxy groups -OCH3 is 1. The van der Waals surface area contributed by atoms with Crippen molar-refractivity contribution in [3.63, 3.8) is 0 Å². The van der Waals surface area contributed by atoms with Gasteiger partial charge in [0.25, 0.3) is 0 Å². The molecule has 1 fully saturated rings. The van der Waals surface area contributed by atoms with Crippen molar-refractivity contribution < 1.29 is 18.3 Å². The Morgan fingerprint density at radius 1 is 1.13 bits per heavy atom. The third-order valence-corrected chi connectivity index (χ3v) is 7.88. The summed E-state index contributed by atoms with van der Waals surface area (Å²) in [4.78, 5) is 17.2. The second kappa shape index (κ2) is 11.2. The van der Waals surface area contributed by atoms with E-state index in [1.807, 2.05) is 30.3 Å². The third kappa shape index (κ3) is 5.44. The van der Waals surface area contributed by atoms with Gasteiger partial charge in [0.1, 0.15) is 11.6 Å². The van der Waals surface area contributed by atoms with Gasteiger partial charge in [-0.15, -0.1) is 0 Å². The van der Waals surface area contributed by atoms with E-state index in [0.717, 1.165) is 49.2 Å². The van der Waals surface area contributed by atoms with E-state index in [1.165, 1.54) is 30.2 Å². The Morgan fingerprint density at radius 2 is 1.87 bits per heavy atom. The van der Waals surface area contributed by atoms with Crippen molar-refractivity contribution in [1.82, 2.24) is 9.80 Å². The average Bonchev–Trinajstić information content (AvgIpc) is 3.38. The molecule has 3 aromatic rings. The predicted molar refractivity (Wildman–Crippen MR) is 141 cm³/mol. The smallest absolute Gasteiger partial charge is 0.182 e. The molecule has 38 heavy (non-hydrogen) atoms. The molecule has 1 unspecified atom stereocenters. The van der Waals surface area contributed by atoms with Crippen molar-refractivity contribution in [2.75, 3.05) is 20.2 Å². The molecule has 2 aliphatic rings. The SMILES string of the molecule is COc1ccc(C(F)N2Cc3cc(C(=O)C4CCN(Cc5ccc(C#N)cc5)CC4)cc(Cl)c3C2)c(F)c1. The van der Waals surface area contributed by atoms with Crippen LogP contribution in [0.3, 0.4) is 0 Å². The van der Waals surface area contributed by atoms with E-state index in [0.29, 0.717) is 21.9 Å². The van der Waals surface area contributed by atoms with Crippen molar-refractivity contribution in [2.45, 2.75) is 38.8 Å². The van der Waals surface area contributed by atoms with Crippen LogP contribution in [0, 0.1) is 23.1 Å². The van der Waals surface area contributed by atoms with Gasteiger partial charge in [-0.3, -0.25) is 14.6 Å². The summed E-state index contributed by atoms with van der Waals surface area (Å²) in [5.74, 6) is -0.375. The highest BCUT2D eigenvalue weighted by atomic mass is 35.5. The summed E-state index contributed by atoms with van der Waals surface area (Å²) in [5, 5.41) is 9.41. The first-order valence-electron chi connectivity index (χ1n) is 12.6. The van der Waals surface area contributed by atoms with Crippen LogP contribution in [-0.4, -0.2) is 35.8 Å². The van der Waals surface area contributed by atoms with E-state index in [1.54, 1.807) is 6.07 Å². The Labute approximate surface area is 226 Å². The Hall–Kier alpha value is -3.31. The van der Waals surface area contributed by atoms with Gasteiger partial charge in [0.05, 0.1) is 18.7 Å². The van der Waals surface area contributed by atoms with Crippen molar-refractivity contribution >= 4 is 17.4 Å². The monoisotopic (exact) mass is 535 g/mol. The molecular formula is C30H28ClF2N3O2. The maximum absolute atomic E-state index is 15.3. The Bertz CT molecular complexity index is 1380. The molecule has 0 radical (unpaired) electrons. The summed E-state index contributed by atoms with van der Waals surface area (Å²) in [5.41, 5.74) is 3.85. The number of alkyl halides is 1. The summed E-state index contributed by atoms with van der Waals surface area (Å²) >= 11 is 6.56. The van der Waals surface area contributed by atoms with Gasteiger partial charge in [-0.05, 0) is 79.0 Å². The molecule has 8 heteroatoms. The lowest BCUT2D eigenvalue weighted by atomic mass is 9.88. The van der Waals surface area contributed by atoms with Crippen LogP contribution >= 0.6 is 11.6 Å². The number of likely N-dealkylation sites (tertiary alicyclic amines) is 1. The van der Waals surface area contributed by atoms with E-state index >= 15 is 4.39 Å². The fourth-order valence-electron chi connectivity index (χ4n) is 5.35.